The Morgan fingerprint density at radius 2 is 1.69 bits per heavy atom. The largest absolute Gasteiger partial charge is 0.390 e. The highest BCUT2D eigenvalue weighted by atomic mass is 35.5. The molecule has 0 saturated carbocycles. The molecule has 29 heavy (non-hydrogen) atoms. The number of benzene rings is 3. The van der Waals surface area contributed by atoms with Crippen molar-refractivity contribution < 1.29 is 0 Å². The van der Waals surface area contributed by atoms with Crippen LogP contribution in [0.2, 0.25) is 10.0 Å². The number of H-pyrrole nitrogens is 1. The molecule has 6 nitrogen and oxygen atoms in total. The van der Waals surface area contributed by atoms with E-state index in [9.17, 15) is 0 Å². The van der Waals surface area contributed by atoms with E-state index >= 15 is 0 Å². The smallest absolute Gasteiger partial charge is 0.0765 e. The van der Waals surface area contributed by atoms with Gasteiger partial charge in [0, 0.05) is 40.8 Å². The first-order valence-electron chi connectivity index (χ1n) is 8.98. The van der Waals surface area contributed by atoms with Crippen LogP contribution in [0.5, 0.6) is 0 Å². The average Bonchev–Trinajstić information content (AvgIpc) is 3.08. The van der Waals surface area contributed by atoms with Gasteiger partial charge in [-0.2, -0.15) is 0 Å². The van der Waals surface area contributed by atoms with E-state index in [4.69, 9.17) is 34.3 Å². The van der Waals surface area contributed by atoms with Crippen LogP contribution in [0, 0.1) is 5.41 Å². The SMILES string of the molecule is N=CN.NCCNc1cccc2c1[nH]c1ccc(Nc3ccc(Cl)c(Cl)c3)cc12. The molecule has 4 aromatic rings. The first-order chi connectivity index (χ1) is 14.1. The van der Waals surface area contributed by atoms with Crippen molar-refractivity contribution in [2.24, 2.45) is 11.5 Å². The standard InChI is InChI=1S/C20H18Cl2N4.CH4N2/c21-16-6-4-13(11-17(16)22)25-12-5-7-18-15(10-12)14-2-1-3-19(20(14)26-18)24-9-8-23;2-1-3/h1-7,10-11,24-26H,8-9,23H2;1H,(H3,2,3). The lowest BCUT2D eigenvalue weighted by molar-refractivity contribution is 1.03. The molecule has 0 bridgehead atoms. The van der Waals surface area contributed by atoms with E-state index < -0.39 is 0 Å². The van der Waals surface area contributed by atoms with Gasteiger partial charge in [0.05, 0.1) is 27.6 Å². The molecule has 0 radical (unpaired) electrons. The number of aromatic amines is 1. The lowest BCUT2D eigenvalue weighted by Gasteiger charge is -2.08. The lowest BCUT2D eigenvalue weighted by Crippen LogP contribution is -2.13. The Morgan fingerprint density at radius 3 is 2.41 bits per heavy atom. The summed E-state index contributed by atoms with van der Waals surface area (Å²) in [6.07, 6.45) is 0.750. The molecule has 0 atom stereocenters. The predicted molar refractivity (Wildman–Crippen MR) is 126 cm³/mol. The van der Waals surface area contributed by atoms with Gasteiger partial charge in [0.1, 0.15) is 0 Å². The summed E-state index contributed by atoms with van der Waals surface area (Å²) in [6.45, 7) is 1.33. The van der Waals surface area contributed by atoms with Crippen molar-refractivity contribution in [3.63, 3.8) is 0 Å². The van der Waals surface area contributed by atoms with Crippen LogP contribution in [0.15, 0.2) is 54.6 Å². The van der Waals surface area contributed by atoms with Crippen molar-refractivity contribution in [1.82, 2.24) is 4.98 Å². The number of anilines is 3. The topological polar surface area (TPSA) is 116 Å². The third kappa shape index (κ3) is 4.74. The summed E-state index contributed by atoms with van der Waals surface area (Å²) >= 11 is 12.1. The Hall–Kier alpha value is -2.93. The van der Waals surface area contributed by atoms with Crippen molar-refractivity contribution >= 4 is 68.4 Å². The molecule has 4 rings (SSSR count). The number of nitrogens with one attached hydrogen (secondary N) is 4. The van der Waals surface area contributed by atoms with Crippen LogP contribution >= 0.6 is 23.2 Å². The van der Waals surface area contributed by atoms with Gasteiger partial charge in [-0.3, -0.25) is 5.41 Å². The van der Waals surface area contributed by atoms with Crippen LogP contribution in [-0.2, 0) is 0 Å². The Labute approximate surface area is 178 Å². The number of para-hydroxylation sites is 1. The Balaban J connectivity index is 0.000000755. The van der Waals surface area contributed by atoms with Gasteiger partial charge in [-0.15, -0.1) is 0 Å². The first-order valence-corrected chi connectivity index (χ1v) is 9.74. The van der Waals surface area contributed by atoms with Crippen LogP contribution in [0.4, 0.5) is 17.1 Å². The molecule has 8 N–H and O–H groups in total. The lowest BCUT2D eigenvalue weighted by atomic mass is 10.1. The summed E-state index contributed by atoms with van der Waals surface area (Å²) in [4.78, 5) is 3.49. The number of nitrogens with two attached hydrogens (primary N) is 2. The third-order valence-corrected chi connectivity index (χ3v) is 5.04. The maximum Gasteiger partial charge on any atom is 0.0765 e. The van der Waals surface area contributed by atoms with Crippen molar-refractivity contribution in [3.05, 3.63) is 64.6 Å². The van der Waals surface area contributed by atoms with Gasteiger partial charge in [-0.05, 0) is 42.5 Å². The molecule has 0 amide bonds. The van der Waals surface area contributed by atoms with Crippen molar-refractivity contribution in [3.8, 4) is 0 Å². The molecule has 0 saturated heterocycles. The zero-order chi connectivity index (χ0) is 20.8. The molecular weight excluding hydrogens is 407 g/mol. The third-order valence-electron chi connectivity index (χ3n) is 4.30. The van der Waals surface area contributed by atoms with Gasteiger partial charge in [-0.25, -0.2) is 0 Å². The number of rotatable bonds is 5. The minimum absolute atomic E-state index is 0.528. The normalized spacial score (nSPS) is 10.4. The molecule has 150 valence electrons. The molecule has 0 fully saturated rings. The fourth-order valence-corrected chi connectivity index (χ4v) is 3.39. The molecule has 0 aliphatic heterocycles. The van der Waals surface area contributed by atoms with Gasteiger partial charge in [0.25, 0.3) is 0 Å². The molecule has 0 spiro atoms. The van der Waals surface area contributed by atoms with E-state index in [2.05, 4.69) is 45.6 Å². The second kappa shape index (κ2) is 9.52. The second-order valence-electron chi connectivity index (χ2n) is 6.25. The zero-order valence-corrected chi connectivity index (χ0v) is 17.1. The predicted octanol–water partition coefficient (Wildman–Crippen LogP) is 5.29. The monoisotopic (exact) mass is 428 g/mol. The Morgan fingerprint density at radius 1 is 0.966 bits per heavy atom. The van der Waals surface area contributed by atoms with Gasteiger partial charge in [0.2, 0.25) is 0 Å². The molecule has 0 aliphatic rings. The quantitative estimate of drug-likeness (QED) is 0.191. The summed E-state index contributed by atoms with van der Waals surface area (Å²) in [7, 11) is 0. The number of halogens is 2. The van der Waals surface area contributed by atoms with Crippen LogP contribution in [0.1, 0.15) is 0 Å². The Bertz CT molecular complexity index is 1140. The molecular formula is C21H22Cl2N6. The summed E-state index contributed by atoms with van der Waals surface area (Å²) in [6, 6.07) is 18.0. The number of hydrogen-bond acceptors (Lipinski definition) is 4. The van der Waals surface area contributed by atoms with Gasteiger partial charge < -0.3 is 27.1 Å². The molecule has 8 heteroatoms. The van der Waals surface area contributed by atoms with Gasteiger partial charge in [-0.1, -0.05) is 35.3 Å². The molecule has 0 unspecified atom stereocenters. The molecule has 1 heterocycles. The molecule has 0 aliphatic carbocycles. The van der Waals surface area contributed by atoms with E-state index in [1.807, 2.05) is 24.3 Å². The van der Waals surface area contributed by atoms with Crippen LogP contribution in [0.25, 0.3) is 21.8 Å². The fraction of sp³-hybridized carbons (Fsp3) is 0.0952. The highest BCUT2D eigenvalue weighted by Gasteiger charge is 2.09. The van der Waals surface area contributed by atoms with Crippen LogP contribution in [0.3, 0.4) is 0 Å². The second-order valence-corrected chi connectivity index (χ2v) is 7.06. The average molecular weight is 429 g/mol. The minimum atomic E-state index is 0.528. The summed E-state index contributed by atoms with van der Waals surface area (Å²) in [5.74, 6) is 0. The van der Waals surface area contributed by atoms with Crippen LogP contribution in [-0.4, -0.2) is 24.4 Å². The Kier molecular flexibility index (Phi) is 6.82. The maximum atomic E-state index is 6.10. The summed E-state index contributed by atoms with van der Waals surface area (Å²) in [5.41, 5.74) is 15.1. The maximum absolute atomic E-state index is 6.10. The van der Waals surface area contributed by atoms with E-state index in [1.54, 1.807) is 6.07 Å². The number of hydrogen-bond donors (Lipinski definition) is 6. The first kappa shape index (κ1) is 20.8. The number of aromatic nitrogens is 1. The van der Waals surface area contributed by atoms with Gasteiger partial charge >= 0.3 is 0 Å². The molecule has 1 aromatic heterocycles. The number of fused-ring (bicyclic) bond motifs is 3. The fourth-order valence-electron chi connectivity index (χ4n) is 3.09. The summed E-state index contributed by atoms with van der Waals surface area (Å²) in [5, 5.41) is 16.0. The zero-order valence-electron chi connectivity index (χ0n) is 15.6. The van der Waals surface area contributed by atoms with Crippen molar-refractivity contribution in [2.45, 2.75) is 0 Å². The minimum Gasteiger partial charge on any atom is -0.390 e. The van der Waals surface area contributed by atoms with E-state index in [0.29, 0.717) is 16.6 Å². The summed E-state index contributed by atoms with van der Waals surface area (Å²) < 4.78 is 0. The van der Waals surface area contributed by atoms with Crippen molar-refractivity contribution in [1.29, 1.82) is 5.41 Å². The van der Waals surface area contributed by atoms with E-state index in [1.165, 1.54) is 5.39 Å². The van der Waals surface area contributed by atoms with E-state index in [-0.39, 0.29) is 0 Å². The highest BCUT2D eigenvalue weighted by Crippen LogP contribution is 2.33. The molecule has 3 aromatic carbocycles. The van der Waals surface area contributed by atoms with Crippen LogP contribution < -0.4 is 22.1 Å². The van der Waals surface area contributed by atoms with Crippen molar-refractivity contribution in [2.75, 3.05) is 23.7 Å². The van der Waals surface area contributed by atoms with E-state index in [0.717, 1.165) is 46.4 Å². The van der Waals surface area contributed by atoms with Gasteiger partial charge in [0.15, 0.2) is 0 Å². The highest BCUT2D eigenvalue weighted by molar-refractivity contribution is 6.42.